The van der Waals surface area contributed by atoms with Crippen LogP contribution in [0.5, 0.6) is 0 Å². The minimum absolute atomic E-state index is 0.264. The molecule has 0 radical (unpaired) electrons. The summed E-state index contributed by atoms with van der Waals surface area (Å²) in [5.74, 6) is -0.446. The van der Waals surface area contributed by atoms with E-state index >= 15 is 0 Å². The van der Waals surface area contributed by atoms with Gasteiger partial charge in [-0.3, -0.25) is 9.69 Å². The van der Waals surface area contributed by atoms with Gasteiger partial charge in [-0.2, -0.15) is 5.26 Å². The van der Waals surface area contributed by atoms with E-state index in [1.807, 2.05) is 20.0 Å². The first-order chi connectivity index (χ1) is 8.99. The molecule has 0 saturated carbocycles. The molecular formula is C13H21N3O3. The molecule has 1 saturated heterocycles. The Morgan fingerprint density at radius 3 is 2.74 bits per heavy atom. The van der Waals surface area contributed by atoms with Crippen LogP contribution in [0, 0.1) is 17.4 Å². The van der Waals surface area contributed by atoms with Crippen molar-refractivity contribution in [1.29, 1.82) is 5.26 Å². The topological polar surface area (TPSA) is 82.4 Å². The first-order valence-corrected chi connectivity index (χ1v) is 6.54. The van der Waals surface area contributed by atoms with Gasteiger partial charge in [0.1, 0.15) is 12.1 Å². The third-order valence-electron chi connectivity index (χ3n) is 3.19. The fourth-order valence-corrected chi connectivity index (χ4v) is 2.25. The second kappa shape index (κ2) is 6.98. The molecule has 1 heterocycles. The van der Waals surface area contributed by atoms with Gasteiger partial charge in [0.15, 0.2) is 6.19 Å². The number of nitrogens with zero attached hydrogens (tertiary/aromatic N) is 2. The zero-order chi connectivity index (χ0) is 14.4. The predicted octanol–water partition coefficient (Wildman–Crippen LogP) is 0.636. The van der Waals surface area contributed by atoms with Crippen LogP contribution in [-0.4, -0.2) is 42.5 Å². The maximum absolute atomic E-state index is 12.1. The van der Waals surface area contributed by atoms with Gasteiger partial charge in [-0.15, -0.1) is 0 Å². The molecule has 6 heteroatoms. The lowest BCUT2D eigenvalue weighted by Gasteiger charge is -2.22. The van der Waals surface area contributed by atoms with Crippen molar-refractivity contribution < 1.29 is 14.3 Å². The molecule has 0 aromatic carbocycles. The third-order valence-corrected chi connectivity index (χ3v) is 3.19. The van der Waals surface area contributed by atoms with Crippen LogP contribution in [-0.2, 0) is 14.3 Å². The smallest absolute Gasteiger partial charge is 0.328 e. The number of hydrogen-bond acceptors (Lipinski definition) is 5. The standard InChI is InChI=1S/C13H21N3O3/c1-9(2)7-10(13(18)19-3)15-12(17)11-5-4-6-16(11)8-14/h9-11H,4-7H2,1-3H3,(H,15,17)/t10-,11+/m0/s1. The Labute approximate surface area is 113 Å². The van der Waals surface area contributed by atoms with Crippen LogP contribution in [0.15, 0.2) is 0 Å². The summed E-state index contributed by atoms with van der Waals surface area (Å²) in [5.41, 5.74) is 0. The van der Waals surface area contributed by atoms with E-state index < -0.39 is 18.1 Å². The molecule has 106 valence electrons. The molecule has 1 fully saturated rings. The largest absolute Gasteiger partial charge is 0.467 e. The first kappa shape index (κ1) is 15.3. The van der Waals surface area contributed by atoms with Crippen molar-refractivity contribution >= 4 is 11.9 Å². The summed E-state index contributed by atoms with van der Waals surface area (Å²) in [7, 11) is 1.30. The minimum Gasteiger partial charge on any atom is -0.467 e. The number of likely N-dealkylation sites (tertiary alicyclic amines) is 1. The number of nitriles is 1. The summed E-state index contributed by atoms with van der Waals surface area (Å²) in [5, 5.41) is 11.6. The predicted molar refractivity (Wildman–Crippen MR) is 68.7 cm³/mol. The second-order valence-corrected chi connectivity index (χ2v) is 5.17. The summed E-state index contributed by atoms with van der Waals surface area (Å²) in [4.78, 5) is 25.2. The third kappa shape index (κ3) is 4.12. The number of ether oxygens (including phenoxy) is 1. The van der Waals surface area contributed by atoms with E-state index in [-0.39, 0.29) is 11.8 Å². The number of amides is 1. The summed E-state index contributed by atoms with van der Waals surface area (Å²) in [6.07, 6.45) is 4.00. The fourth-order valence-electron chi connectivity index (χ4n) is 2.25. The van der Waals surface area contributed by atoms with Crippen molar-refractivity contribution in [2.45, 2.75) is 45.2 Å². The molecule has 0 unspecified atom stereocenters. The van der Waals surface area contributed by atoms with Crippen molar-refractivity contribution in [2.75, 3.05) is 13.7 Å². The Hall–Kier alpha value is -1.77. The zero-order valence-electron chi connectivity index (χ0n) is 11.7. The molecule has 6 nitrogen and oxygen atoms in total. The van der Waals surface area contributed by atoms with Crippen molar-refractivity contribution in [3.63, 3.8) is 0 Å². The van der Waals surface area contributed by atoms with Gasteiger partial charge >= 0.3 is 5.97 Å². The van der Waals surface area contributed by atoms with Gasteiger partial charge in [-0.25, -0.2) is 4.79 Å². The van der Waals surface area contributed by atoms with E-state index in [9.17, 15) is 9.59 Å². The summed E-state index contributed by atoms with van der Waals surface area (Å²) >= 11 is 0. The second-order valence-electron chi connectivity index (χ2n) is 5.17. The number of methoxy groups -OCH3 is 1. The first-order valence-electron chi connectivity index (χ1n) is 6.54. The number of carbonyl (C=O) groups is 2. The Bertz CT molecular complexity index is 376. The molecule has 0 aromatic rings. The Balaban J connectivity index is 2.65. The molecule has 0 aliphatic carbocycles. The van der Waals surface area contributed by atoms with Crippen LogP contribution < -0.4 is 5.32 Å². The number of carbonyl (C=O) groups excluding carboxylic acids is 2. The highest BCUT2D eigenvalue weighted by Crippen LogP contribution is 2.16. The van der Waals surface area contributed by atoms with Gasteiger partial charge < -0.3 is 10.1 Å². The highest BCUT2D eigenvalue weighted by molar-refractivity contribution is 5.87. The highest BCUT2D eigenvalue weighted by atomic mass is 16.5. The molecule has 19 heavy (non-hydrogen) atoms. The average Bonchev–Trinajstić information content (AvgIpc) is 2.84. The maximum Gasteiger partial charge on any atom is 0.328 e. The molecule has 1 aliphatic rings. The average molecular weight is 267 g/mol. The molecule has 1 rings (SSSR count). The number of hydrogen-bond donors (Lipinski definition) is 1. The summed E-state index contributed by atoms with van der Waals surface area (Å²) in [6.45, 7) is 4.54. The van der Waals surface area contributed by atoms with Gasteiger partial charge in [-0.1, -0.05) is 13.8 Å². The molecule has 1 amide bonds. The van der Waals surface area contributed by atoms with E-state index in [0.717, 1.165) is 6.42 Å². The van der Waals surface area contributed by atoms with Crippen molar-refractivity contribution in [3.05, 3.63) is 0 Å². The molecule has 0 bridgehead atoms. The Morgan fingerprint density at radius 1 is 1.53 bits per heavy atom. The molecule has 0 spiro atoms. The van der Waals surface area contributed by atoms with Crippen LogP contribution in [0.3, 0.4) is 0 Å². The fraction of sp³-hybridized carbons (Fsp3) is 0.769. The van der Waals surface area contributed by atoms with E-state index in [0.29, 0.717) is 19.4 Å². The van der Waals surface area contributed by atoms with Crippen molar-refractivity contribution in [1.82, 2.24) is 10.2 Å². The summed E-state index contributed by atoms with van der Waals surface area (Å²) in [6, 6.07) is -1.09. The van der Waals surface area contributed by atoms with E-state index in [2.05, 4.69) is 5.32 Å². The van der Waals surface area contributed by atoms with Crippen LogP contribution in [0.1, 0.15) is 33.1 Å². The number of rotatable bonds is 5. The zero-order valence-corrected chi connectivity index (χ0v) is 11.7. The Kier molecular flexibility index (Phi) is 5.61. The molecule has 0 aromatic heterocycles. The van der Waals surface area contributed by atoms with E-state index in [1.165, 1.54) is 12.0 Å². The number of esters is 1. The van der Waals surface area contributed by atoms with Crippen LogP contribution in [0.25, 0.3) is 0 Å². The van der Waals surface area contributed by atoms with Gasteiger partial charge in [0.2, 0.25) is 5.91 Å². The quantitative estimate of drug-likeness (QED) is 0.583. The van der Waals surface area contributed by atoms with Crippen LogP contribution in [0.4, 0.5) is 0 Å². The monoisotopic (exact) mass is 267 g/mol. The molecular weight excluding hydrogens is 246 g/mol. The molecule has 1 aliphatic heterocycles. The van der Waals surface area contributed by atoms with Gasteiger partial charge in [0.25, 0.3) is 0 Å². The van der Waals surface area contributed by atoms with Gasteiger partial charge in [0.05, 0.1) is 7.11 Å². The van der Waals surface area contributed by atoms with Crippen molar-refractivity contribution in [3.8, 4) is 6.19 Å². The minimum atomic E-state index is -0.640. The lowest BCUT2D eigenvalue weighted by molar-refractivity contribution is -0.146. The van der Waals surface area contributed by atoms with E-state index in [1.54, 1.807) is 0 Å². The van der Waals surface area contributed by atoms with Gasteiger partial charge in [0, 0.05) is 6.54 Å². The van der Waals surface area contributed by atoms with E-state index in [4.69, 9.17) is 10.00 Å². The van der Waals surface area contributed by atoms with Crippen LogP contribution >= 0.6 is 0 Å². The highest BCUT2D eigenvalue weighted by Gasteiger charge is 2.33. The SMILES string of the molecule is COC(=O)[C@H](CC(C)C)NC(=O)[C@H]1CCCN1C#N. The molecule has 1 N–H and O–H groups in total. The number of nitrogens with one attached hydrogen (secondary N) is 1. The maximum atomic E-state index is 12.1. The summed E-state index contributed by atoms with van der Waals surface area (Å²) < 4.78 is 4.70. The lowest BCUT2D eigenvalue weighted by atomic mass is 10.0. The molecule has 2 atom stereocenters. The van der Waals surface area contributed by atoms with Crippen LogP contribution in [0.2, 0.25) is 0 Å². The van der Waals surface area contributed by atoms with Gasteiger partial charge in [-0.05, 0) is 25.2 Å². The Morgan fingerprint density at radius 2 is 2.21 bits per heavy atom. The normalized spacial score (nSPS) is 19.9. The van der Waals surface area contributed by atoms with Crippen molar-refractivity contribution in [2.24, 2.45) is 5.92 Å². The lowest BCUT2D eigenvalue weighted by Crippen LogP contribution is -2.49.